The Bertz CT molecular complexity index is 783. The van der Waals surface area contributed by atoms with Gasteiger partial charge in [0.05, 0.1) is 11.3 Å². The lowest BCUT2D eigenvalue weighted by molar-refractivity contribution is -0.117. The number of hydrogen-bond donors (Lipinski definition) is 3. The Labute approximate surface area is 157 Å². The van der Waals surface area contributed by atoms with E-state index in [9.17, 15) is 14.0 Å². The molecule has 0 bridgehead atoms. The van der Waals surface area contributed by atoms with Crippen LogP contribution in [-0.2, 0) is 4.79 Å². The average molecular weight is 378 g/mol. The highest BCUT2D eigenvalue weighted by atomic mass is 35.5. The van der Waals surface area contributed by atoms with Crippen molar-refractivity contribution in [2.24, 2.45) is 11.7 Å². The Balaban J connectivity index is 0.00000243. The zero-order valence-corrected chi connectivity index (χ0v) is 14.9. The van der Waals surface area contributed by atoms with Gasteiger partial charge >= 0.3 is 0 Å². The monoisotopic (exact) mass is 377 g/mol. The molecule has 2 amide bonds. The van der Waals surface area contributed by atoms with Gasteiger partial charge in [-0.25, -0.2) is 4.39 Å². The molecule has 1 aliphatic rings. The summed E-state index contributed by atoms with van der Waals surface area (Å²) in [6.45, 7) is 0.720. The SMILES string of the molecule is Cl.NCCNC(=O)c1ccccc1NC(=O)C1CC1c1ccc(F)cc1. The van der Waals surface area contributed by atoms with E-state index in [0.717, 1.165) is 12.0 Å². The van der Waals surface area contributed by atoms with Crippen molar-refractivity contribution < 1.29 is 14.0 Å². The van der Waals surface area contributed by atoms with Gasteiger partial charge in [0.25, 0.3) is 5.91 Å². The van der Waals surface area contributed by atoms with E-state index in [0.29, 0.717) is 24.3 Å². The van der Waals surface area contributed by atoms with E-state index in [1.54, 1.807) is 36.4 Å². The van der Waals surface area contributed by atoms with Crippen LogP contribution in [0.4, 0.5) is 10.1 Å². The fourth-order valence-electron chi connectivity index (χ4n) is 2.86. The number of hydrogen-bond acceptors (Lipinski definition) is 3. The Morgan fingerprint density at radius 1 is 1.12 bits per heavy atom. The summed E-state index contributed by atoms with van der Waals surface area (Å²) >= 11 is 0. The van der Waals surface area contributed by atoms with E-state index in [1.165, 1.54) is 12.1 Å². The fraction of sp³-hybridized carbons (Fsp3) is 0.263. The van der Waals surface area contributed by atoms with Crippen LogP contribution in [0.15, 0.2) is 48.5 Å². The van der Waals surface area contributed by atoms with Crippen molar-refractivity contribution in [2.75, 3.05) is 18.4 Å². The lowest BCUT2D eigenvalue weighted by Crippen LogP contribution is -2.30. The molecule has 0 radical (unpaired) electrons. The van der Waals surface area contributed by atoms with E-state index in [-0.39, 0.29) is 41.9 Å². The number of carbonyl (C=O) groups excluding carboxylic acids is 2. The third-order valence-electron chi connectivity index (χ3n) is 4.28. The smallest absolute Gasteiger partial charge is 0.253 e. The maximum atomic E-state index is 13.0. The van der Waals surface area contributed by atoms with Crippen LogP contribution in [0.3, 0.4) is 0 Å². The van der Waals surface area contributed by atoms with Crippen LogP contribution < -0.4 is 16.4 Å². The predicted molar refractivity (Wildman–Crippen MR) is 101 cm³/mol. The molecule has 1 aliphatic carbocycles. The molecule has 138 valence electrons. The Kier molecular flexibility index (Phi) is 6.71. The van der Waals surface area contributed by atoms with Gasteiger partial charge in [-0.3, -0.25) is 9.59 Å². The first-order valence-corrected chi connectivity index (χ1v) is 8.23. The molecule has 2 aromatic rings. The van der Waals surface area contributed by atoms with Crippen molar-refractivity contribution in [1.82, 2.24) is 5.32 Å². The van der Waals surface area contributed by atoms with Crippen molar-refractivity contribution >= 4 is 29.9 Å². The second-order valence-electron chi connectivity index (χ2n) is 6.08. The third-order valence-corrected chi connectivity index (χ3v) is 4.28. The van der Waals surface area contributed by atoms with E-state index in [1.807, 2.05) is 0 Å². The zero-order chi connectivity index (χ0) is 17.8. The summed E-state index contributed by atoms with van der Waals surface area (Å²) < 4.78 is 13.0. The van der Waals surface area contributed by atoms with Gasteiger partial charge in [-0.2, -0.15) is 0 Å². The summed E-state index contributed by atoms with van der Waals surface area (Å²) in [5, 5.41) is 5.53. The average Bonchev–Trinajstić information content (AvgIpc) is 3.41. The molecule has 2 unspecified atom stereocenters. The quantitative estimate of drug-likeness (QED) is 0.723. The molecule has 7 heteroatoms. The minimum absolute atomic E-state index is 0. The highest BCUT2D eigenvalue weighted by molar-refractivity contribution is 6.04. The second kappa shape index (κ2) is 8.78. The van der Waals surface area contributed by atoms with Crippen LogP contribution in [0.25, 0.3) is 0 Å². The van der Waals surface area contributed by atoms with Gasteiger partial charge in [-0.1, -0.05) is 24.3 Å². The molecule has 5 nitrogen and oxygen atoms in total. The normalized spacial score (nSPS) is 17.8. The fourth-order valence-corrected chi connectivity index (χ4v) is 2.86. The summed E-state index contributed by atoms with van der Waals surface area (Å²) in [5.74, 6) is -0.757. The molecule has 26 heavy (non-hydrogen) atoms. The maximum absolute atomic E-state index is 13.0. The third kappa shape index (κ3) is 4.59. The van der Waals surface area contributed by atoms with E-state index >= 15 is 0 Å². The number of carbonyl (C=O) groups is 2. The Morgan fingerprint density at radius 3 is 2.50 bits per heavy atom. The van der Waals surface area contributed by atoms with Crippen LogP contribution in [0.2, 0.25) is 0 Å². The van der Waals surface area contributed by atoms with Gasteiger partial charge in [0, 0.05) is 19.0 Å². The number of amides is 2. The molecule has 0 spiro atoms. The molecule has 3 rings (SSSR count). The zero-order valence-electron chi connectivity index (χ0n) is 14.1. The lowest BCUT2D eigenvalue weighted by Gasteiger charge is -2.11. The number of para-hydroxylation sites is 1. The molecule has 0 aliphatic heterocycles. The first-order chi connectivity index (χ1) is 12.1. The van der Waals surface area contributed by atoms with E-state index in [4.69, 9.17) is 5.73 Å². The lowest BCUT2D eigenvalue weighted by atomic mass is 10.1. The number of rotatable bonds is 6. The number of anilines is 1. The number of nitrogens with two attached hydrogens (primary N) is 1. The number of halogens is 2. The van der Waals surface area contributed by atoms with Gasteiger partial charge in [0.2, 0.25) is 5.91 Å². The van der Waals surface area contributed by atoms with Crippen LogP contribution in [-0.4, -0.2) is 24.9 Å². The largest absolute Gasteiger partial charge is 0.351 e. The topological polar surface area (TPSA) is 84.2 Å². The van der Waals surface area contributed by atoms with E-state index < -0.39 is 0 Å². The van der Waals surface area contributed by atoms with Crippen molar-refractivity contribution in [3.63, 3.8) is 0 Å². The maximum Gasteiger partial charge on any atom is 0.253 e. The molecular formula is C19H21ClFN3O2. The summed E-state index contributed by atoms with van der Waals surface area (Å²) in [7, 11) is 0. The Morgan fingerprint density at radius 2 is 1.81 bits per heavy atom. The molecule has 4 N–H and O–H groups in total. The van der Waals surface area contributed by atoms with Crippen molar-refractivity contribution in [2.45, 2.75) is 12.3 Å². The van der Waals surface area contributed by atoms with Gasteiger partial charge < -0.3 is 16.4 Å². The summed E-state index contributed by atoms with van der Waals surface area (Å²) in [4.78, 5) is 24.6. The summed E-state index contributed by atoms with van der Waals surface area (Å²) in [6, 6.07) is 13.1. The first-order valence-electron chi connectivity index (χ1n) is 8.23. The molecule has 0 saturated heterocycles. The van der Waals surface area contributed by atoms with Crippen molar-refractivity contribution in [1.29, 1.82) is 0 Å². The Hall–Kier alpha value is -2.44. The van der Waals surface area contributed by atoms with Crippen LogP contribution in [0.5, 0.6) is 0 Å². The number of nitrogens with one attached hydrogen (secondary N) is 2. The van der Waals surface area contributed by atoms with Gasteiger partial charge in [0.15, 0.2) is 0 Å². The highest BCUT2D eigenvalue weighted by Gasteiger charge is 2.44. The van der Waals surface area contributed by atoms with Gasteiger partial charge in [-0.15, -0.1) is 12.4 Å². The first kappa shape index (κ1) is 19.9. The summed E-state index contributed by atoms with van der Waals surface area (Å²) in [5.41, 5.74) is 7.23. The van der Waals surface area contributed by atoms with Crippen molar-refractivity contribution in [3.05, 3.63) is 65.5 Å². The molecule has 1 saturated carbocycles. The predicted octanol–water partition coefficient (Wildman–Crippen LogP) is 2.68. The second-order valence-corrected chi connectivity index (χ2v) is 6.08. The number of benzene rings is 2. The van der Waals surface area contributed by atoms with E-state index in [2.05, 4.69) is 10.6 Å². The summed E-state index contributed by atoms with van der Waals surface area (Å²) in [6.07, 6.45) is 0.721. The van der Waals surface area contributed by atoms with Crippen LogP contribution in [0, 0.1) is 11.7 Å². The molecule has 0 heterocycles. The van der Waals surface area contributed by atoms with Gasteiger partial charge in [-0.05, 0) is 42.2 Å². The van der Waals surface area contributed by atoms with Crippen molar-refractivity contribution in [3.8, 4) is 0 Å². The highest BCUT2D eigenvalue weighted by Crippen LogP contribution is 2.48. The molecule has 1 fully saturated rings. The van der Waals surface area contributed by atoms with Gasteiger partial charge in [0.1, 0.15) is 5.82 Å². The minimum Gasteiger partial charge on any atom is -0.351 e. The molecular weight excluding hydrogens is 357 g/mol. The van der Waals surface area contributed by atoms with Crippen LogP contribution >= 0.6 is 12.4 Å². The molecule has 2 atom stereocenters. The van der Waals surface area contributed by atoms with Crippen LogP contribution in [0.1, 0.15) is 28.3 Å². The minimum atomic E-state index is -0.289. The molecule has 0 aromatic heterocycles. The standard InChI is InChI=1S/C19H20FN3O2.ClH/c20-13-7-5-12(6-8-13)15-11-16(15)19(25)23-17-4-2-1-3-14(17)18(24)22-10-9-21;/h1-8,15-16H,9-11,21H2,(H,22,24)(H,23,25);1H. The molecule has 2 aromatic carbocycles.